The molecule has 0 atom stereocenters. The van der Waals surface area contributed by atoms with Crippen molar-refractivity contribution >= 4 is 23.5 Å². The minimum Gasteiger partial charge on any atom is -0.496 e. The molecule has 0 aliphatic carbocycles. The normalized spacial score (nSPS) is 10.2. The molecule has 36 heavy (non-hydrogen) atoms. The lowest BCUT2D eigenvalue weighted by Crippen LogP contribution is -2.17. The van der Waals surface area contributed by atoms with E-state index in [0.717, 1.165) is 0 Å². The summed E-state index contributed by atoms with van der Waals surface area (Å²) in [5.74, 6) is 1.55. The molecule has 2 aromatic carbocycles. The van der Waals surface area contributed by atoms with E-state index in [4.69, 9.17) is 28.4 Å². The summed E-state index contributed by atoms with van der Waals surface area (Å²) in [5.41, 5.74) is 0.419. The van der Waals surface area contributed by atoms with Gasteiger partial charge in [0.1, 0.15) is 23.1 Å². The van der Waals surface area contributed by atoms with E-state index in [1.165, 1.54) is 54.8 Å². The zero-order chi connectivity index (χ0) is 26.2. The average Bonchev–Trinajstić information content (AvgIpc) is 2.91. The van der Waals surface area contributed by atoms with Crippen LogP contribution >= 0.6 is 0 Å². The summed E-state index contributed by atoms with van der Waals surface area (Å²) < 4.78 is 31.7. The molecule has 11 heteroatoms. The lowest BCUT2D eigenvalue weighted by atomic mass is 10.1. The quantitative estimate of drug-likeness (QED) is 0.432. The van der Waals surface area contributed by atoms with Gasteiger partial charge in [0.15, 0.2) is 23.0 Å². The summed E-state index contributed by atoms with van der Waals surface area (Å²) in [5, 5.41) is 5.38. The Morgan fingerprint density at radius 2 is 0.889 bits per heavy atom. The molecule has 0 unspecified atom stereocenters. The molecule has 1 heterocycles. The minimum absolute atomic E-state index is 0.203. The second kappa shape index (κ2) is 11.6. The van der Waals surface area contributed by atoms with Crippen LogP contribution in [0.4, 0.5) is 11.6 Å². The number of nitrogens with one attached hydrogen (secondary N) is 2. The Kier molecular flexibility index (Phi) is 8.39. The molecule has 3 aromatic rings. The van der Waals surface area contributed by atoms with Gasteiger partial charge in [-0.3, -0.25) is 9.59 Å². The second-order valence-corrected chi connectivity index (χ2v) is 7.13. The Morgan fingerprint density at radius 1 is 0.556 bits per heavy atom. The van der Waals surface area contributed by atoms with Crippen LogP contribution in [0.5, 0.6) is 34.5 Å². The number of carbonyl (C=O) groups excluding carboxylic acids is 2. The van der Waals surface area contributed by atoms with Gasteiger partial charge in [-0.15, -0.1) is 0 Å². The number of benzene rings is 2. The lowest BCUT2D eigenvalue weighted by Gasteiger charge is -2.15. The first-order chi connectivity index (χ1) is 17.4. The second-order valence-electron chi connectivity index (χ2n) is 7.13. The molecule has 3 rings (SSSR count). The van der Waals surface area contributed by atoms with Gasteiger partial charge in [-0.05, 0) is 12.1 Å². The van der Waals surface area contributed by atoms with E-state index < -0.39 is 11.8 Å². The van der Waals surface area contributed by atoms with E-state index in [-0.39, 0.29) is 34.3 Å². The van der Waals surface area contributed by atoms with Crippen LogP contribution in [0.2, 0.25) is 0 Å². The highest BCUT2D eigenvalue weighted by Gasteiger charge is 2.20. The zero-order valence-corrected chi connectivity index (χ0v) is 20.8. The fraction of sp³-hybridized carbons (Fsp3) is 0.240. The highest BCUT2D eigenvalue weighted by atomic mass is 16.5. The summed E-state index contributed by atoms with van der Waals surface area (Å²) in [6, 6.07) is 10.9. The number of pyridine rings is 1. The summed E-state index contributed by atoms with van der Waals surface area (Å²) in [7, 11) is 8.78. The number of anilines is 2. The third-order valence-electron chi connectivity index (χ3n) is 5.13. The van der Waals surface area contributed by atoms with E-state index in [1.54, 1.807) is 30.3 Å². The Hall–Kier alpha value is -4.67. The number of amides is 2. The van der Waals surface area contributed by atoms with Crippen LogP contribution in [-0.4, -0.2) is 59.5 Å². The van der Waals surface area contributed by atoms with Crippen molar-refractivity contribution in [3.63, 3.8) is 0 Å². The molecule has 11 nitrogen and oxygen atoms in total. The molecule has 0 bridgehead atoms. The number of carbonyl (C=O) groups is 2. The first kappa shape index (κ1) is 25.9. The number of aromatic nitrogens is 1. The maximum Gasteiger partial charge on any atom is 0.260 e. The molecule has 0 fully saturated rings. The van der Waals surface area contributed by atoms with Gasteiger partial charge in [0.2, 0.25) is 0 Å². The van der Waals surface area contributed by atoms with Crippen LogP contribution in [0.3, 0.4) is 0 Å². The van der Waals surface area contributed by atoms with E-state index >= 15 is 0 Å². The van der Waals surface area contributed by atoms with Crippen LogP contribution < -0.4 is 39.1 Å². The molecule has 0 saturated carbocycles. The van der Waals surface area contributed by atoms with Gasteiger partial charge in [0, 0.05) is 24.3 Å². The number of methoxy groups -OCH3 is 6. The highest BCUT2D eigenvalue weighted by Crippen LogP contribution is 2.36. The first-order valence-electron chi connectivity index (χ1n) is 10.6. The maximum atomic E-state index is 13.0. The first-order valence-corrected chi connectivity index (χ1v) is 10.6. The summed E-state index contributed by atoms with van der Waals surface area (Å²) in [4.78, 5) is 30.3. The van der Waals surface area contributed by atoms with E-state index in [9.17, 15) is 9.59 Å². The molecule has 2 N–H and O–H groups in total. The van der Waals surface area contributed by atoms with Crippen LogP contribution in [-0.2, 0) is 0 Å². The molecule has 0 aliphatic heterocycles. The molecule has 0 spiro atoms. The Balaban J connectivity index is 1.84. The number of hydrogen-bond acceptors (Lipinski definition) is 9. The SMILES string of the molecule is COc1cc(OC)c(C(=O)Nc2cccc(NC(=O)c3cc(OC)c(OC)cc3OC)n2)cc1OC. The van der Waals surface area contributed by atoms with Gasteiger partial charge < -0.3 is 39.1 Å². The molecular formula is C25H27N3O8. The van der Waals surface area contributed by atoms with E-state index in [1.807, 2.05) is 0 Å². The number of hydrogen-bond donors (Lipinski definition) is 2. The van der Waals surface area contributed by atoms with Gasteiger partial charge in [-0.1, -0.05) is 6.07 Å². The number of nitrogens with zero attached hydrogens (tertiary/aromatic N) is 1. The van der Waals surface area contributed by atoms with E-state index in [0.29, 0.717) is 23.0 Å². The molecular weight excluding hydrogens is 470 g/mol. The number of rotatable bonds is 10. The molecule has 190 valence electrons. The van der Waals surface area contributed by atoms with Crippen molar-refractivity contribution in [2.75, 3.05) is 53.3 Å². The van der Waals surface area contributed by atoms with E-state index in [2.05, 4.69) is 15.6 Å². The fourth-order valence-electron chi connectivity index (χ4n) is 3.35. The van der Waals surface area contributed by atoms with Gasteiger partial charge in [-0.25, -0.2) is 4.98 Å². The van der Waals surface area contributed by atoms with Crippen LogP contribution in [0.1, 0.15) is 20.7 Å². The lowest BCUT2D eigenvalue weighted by molar-refractivity contribution is 0.101. The van der Waals surface area contributed by atoms with Crippen molar-refractivity contribution in [1.82, 2.24) is 4.98 Å². The predicted octanol–water partition coefficient (Wildman–Crippen LogP) is 3.64. The van der Waals surface area contributed by atoms with Gasteiger partial charge in [0.05, 0.1) is 53.8 Å². The third kappa shape index (κ3) is 5.52. The van der Waals surface area contributed by atoms with Crippen LogP contribution in [0, 0.1) is 0 Å². The molecule has 1 aromatic heterocycles. The summed E-state index contributed by atoms with van der Waals surface area (Å²) in [6.45, 7) is 0. The molecule has 0 saturated heterocycles. The van der Waals surface area contributed by atoms with Crippen molar-refractivity contribution in [3.05, 3.63) is 53.6 Å². The topological polar surface area (TPSA) is 126 Å². The monoisotopic (exact) mass is 497 g/mol. The van der Waals surface area contributed by atoms with Gasteiger partial charge in [-0.2, -0.15) is 0 Å². The van der Waals surface area contributed by atoms with Crippen molar-refractivity contribution < 1.29 is 38.0 Å². The van der Waals surface area contributed by atoms with Gasteiger partial charge >= 0.3 is 0 Å². The average molecular weight is 498 g/mol. The zero-order valence-electron chi connectivity index (χ0n) is 20.8. The van der Waals surface area contributed by atoms with Gasteiger partial charge in [0.25, 0.3) is 11.8 Å². The Bertz CT molecular complexity index is 1170. The smallest absolute Gasteiger partial charge is 0.260 e. The molecule has 2 amide bonds. The minimum atomic E-state index is -0.495. The predicted molar refractivity (Wildman–Crippen MR) is 132 cm³/mol. The van der Waals surface area contributed by atoms with Crippen molar-refractivity contribution in [1.29, 1.82) is 0 Å². The Labute approximate surface area is 208 Å². The third-order valence-corrected chi connectivity index (χ3v) is 5.13. The highest BCUT2D eigenvalue weighted by molar-refractivity contribution is 6.07. The van der Waals surface area contributed by atoms with Crippen LogP contribution in [0.25, 0.3) is 0 Å². The standard InChI is InChI=1S/C25H27N3O8/c1-31-16-12-20(35-5)18(33-3)10-14(16)24(29)27-22-8-7-9-23(26-22)28-25(30)15-11-19(34-4)21(36-6)13-17(15)32-2/h7-13H,1-6H3,(H2,26,27,28,29,30). The van der Waals surface area contributed by atoms with Crippen molar-refractivity contribution in [3.8, 4) is 34.5 Å². The maximum absolute atomic E-state index is 13.0. The van der Waals surface area contributed by atoms with Crippen molar-refractivity contribution in [2.45, 2.75) is 0 Å². The molecule has 0 aliphatic rings. The van der Waals surface area contributed by atoms with Crippen LogP contribution in [0.15, 0.2) is 42.5 Å². The molecule has 0 radical (unpaired) electrons. The van der Waals surface area contributed by atoms with Crippen molar-refractivity contribution in [2.24, 2.45) is 0 Å². The summed E-state index contributed by atoms with van der Waals surface area (Å²) in [6.07, 6.45) is 0. The largest absolute Gasteiger partial charge is 0.496 e. The Morgan fingerprint density at radius 3 is 1.22 bits per heavy atom. The number of ether oxygens (including phenoxy) is 6. The summed E-state index contributed by atoms with van der Waals surface area (Å²) >= 11 is 0. The fourth-order valence-corrected chi connectivity index (χ4v) is 3.35.